The van der Waals surface area contributed by atoms with Crippen LogP contribution in [0, 0.1) is 0 Å². The van der Waals surface area contributed by atoms with E-state index in [2.05, 4.69) is 27.6 Å². The lowest BCUT2D eigenvalue weighted by Crippen LogP contribution is -1.97. The number of methoxy groups -OCH3 is 2. The lowest BCUT2D eigenvalue weighted by Gasteiger charge is -2.13. The summed E-state index contributed by atoms with van der Waals surface area (Å²) in [6, 6.07) is 17.8. The zero-order valence-electron chi connectivity index (χ0n) is 14.5. The highest BCUT2D eigenvalue weighted by Gasteiger charge is 2.12. The van der Waals surface area contributed by atoms with Crippen LogP contribution in [0.3, 0.4) is 0 Å². The van der Waals surface area contributed by atoms with Gasteiger partial charge in [-0.1, -0.05) is 24.3 Å². The maximum Gasteiger partial charge on any atom is 0.161 e. The van der Waals surface area contributed by atoms with Gasteiger partial charge < -0.3 is 14.8 Å². The molecule has 4 aromatic rings. The van der Waals surface area contributed by atoms with Gasteiger partial charge in [-0.2, -0.15) is 5.10 Å². The first-order valence-corrected chi connectivity index (χ1v) is 8.17. The van der Waals surface area contributed by atoms with Crippen molar-refractivity contribution in [2.24, 2.45) is 0 Å². The van der Waals surface area contributed by atoms with Gasteiger partial charge in [0.25, 0.3) is 0 Å². The topological polar surface area (TPSA) is 72.1 Å². The maximum atomic E-state index is 5.44. The summed E-state index contributed by atoms with van der Waals surface area (Å²) < 4.78 is 10.8. The van der Waals surface area contributed by atoms with E-state index >= 15 is 0 Å². The number of hydrogen-bond acceptors (Lipinski definition) is 5. The van der Waals surface area contributed by atoms with Crippen LogP contribution in [0.1, 0.15) is 0 Å². The molecule has 0 fully saturated rings. The van der Waals surface area contributed by atoms with Gasteiger partial charge in [-0.25, -0.2) is 4.98 Å². The van der Waals surface area contributed by atoms with E-state index in [0.29, 0.717) is 17.3 Å². The summed E-state index contributed by atoms with van der Waals surface area (Å²) in [5, 5.41) is 12.3. The Labute approximate surface area is 150 Å². The Morgan fingerprint density at radius 1 is 0.885 bits per heavy atom. The number of aromatic amines is 1. The summed E-state index contributed by atoms with van der Waals surface area (Å²) in [6.45, 7) is 0. The fourth-order valence-corrected chi connectivity index (χ4v) is 2.93. The smallest absolute Gasteiger partial charge is 0.161 e. The van der Waals surface area contributed by atoms with Crippen LogP contribution in [-0.4, -0.2) is 29.4 Å². The quantitative estimate of drug-likeness (QED) is 0.561. The van der Waals surface area contributed by atoms with Gasteiger partial charge in [-0.05, 0) is 29.7 Å². The molecule has 130 valence electrons. The highest BCUT2D eigenvalue weighted by molar-refractivity contribution is 5.96. The SMILES string of the molecule is COc1ccc(-c2nc(Nc3cc[nH]n3)cc3ccccc23)cc1OC. The Morgan fingerprint density at radius 3 is 2.50 bits per heavy atom. The van der Waals surface area contributed by atoms with Gasteiger partial charge in [0.15, 0.2) is 17.3 Å². The summed E-state index contributed by atoms with van der Waals surface area (Å²) >= 11 is 0. The number of hydrogen-bond donors (Lipinski definition) is 2. The fraction of sp³-hybridized carbons (Fsp3) is 0.100. The van der Waals surface area contributed by atoms with Gasteiger partial charge in [0.1, 0.15) is 5.82 Å². The average Bonchev–Trinajstić information content (AvgIpc) is 3.19. The number of benzene rings is 2. The third kappa shape index (κ3) is 2.93. The second-order valence-corrected chi connectivity index (χ2v) is 5.73. The second kappa shape index (κ2) is 6.76. The molecule has 0 atom stereocenters. The van der Waals surface area contributed by atoms with Gasteiger partial charge in [0.05, 0.1) is 19.9 Å². The van der Waals surface area contributed by atoms with Crippen LogP contribution in [0.15, 0.2) is 60.8 Å². The minimum atomic E-state index is 0.668. The van der Waals surface area contributed by atoms with Crippen LogP contribution in [0.5, 0.6) is 11.5 Å². The van der Waals surface area contributed by atoms with Gasteiger partial charge in [0.2, 0.25) is 0 Å². The number of nitrogens with one attached hydrogen (secondary N) is 2. The zero-order valence-corrected chi connectivity index (χ0v) is 14.5. The van der Waals surface area contributed by atoms with Crippen molar-refractivity contribution in [2.75, 3.05) is 19.5 Å². The molecule has 6 nitrogen and oxygen atoms in total. The highest BCUT2D eigenvalue weighted by Crippen LogP contribution is 2.35. The van der Waals surface area contributed by atoms with Crippen LogP contribution >= 0.6 is 0 Å². The van der Waals surface area contributed by atoms with E-state index in [1.807, 2.05) is 42.5 Å². The minimum Gasteiger partial charge on any atom is -0.493 e. The Bertz CT molecular complexity index is 1050. The summed E-state index contributed by atoms with van der Waals surface area (Å²) in [4.78, 5) is 4.82. The zero-order chi connectivity index (χ0) is 17.9. The van der Waals surface area contributed by atoms with Crippen molar-refractivity contribution < 1.29 is 9.47 Å². The lowest BCUT2D eigenvalue weighted by molar-refractivity contribution is 0.355. The van der Waals surface area contributed by atoms with Gasteiger partial charge in [-0.3, -0.25) is 5.10 Å². The molecule has 26 heavy (non-hydrogen) atoms. The number of H-pyrrole nitrogens is 1. The standard InChI is InChI=1S/C20H18N4O2/c1-25-16-8-7-14(11-17(16)26-2)20-15-6-4-3-5-13(15)12-19(23-20)22-18-9-10-21-24-18/h3-12H,1-2H3,(H2,21,22,23,24). The molecule has 6 heteroatoms. The van der Waals surface area contributed by atoms with Gasteiger partial charge in [-0.15, -0.1) is 0 Å². The molecule has 0 unspecified atom stereocenters. The van der Waals surface area contributed by atoms with Crippen molar-refractivity contribution in [3.8, 4) is 22.8 Å². The lowest BCUT2D eigenvalue weighted by atomic mass is 10.0. The molecular formula is C20H18N4O2. The van der Waals surface area contributed by atoms with Gasteiger partial charge >= 0.3 is 0 Å². The molecule has 0 saturated carbocycles. The number of pyridine rings is 1. The predicted molar refractivity (Wildman–Crippen MR) is 102 cm³/mol. The Hall–Kier alpha value is -3.54. The molecule has 2 N–H and O–H groups in total. The third-order valence-corrected chi connectivity index (χ3v) is 4.15. The largest absolute Gasteiger partial charge is 0.493 e. The molecule has 0 saturated heterocycles. The molecule has 0 amide bonds. The molecule has 2 aromatic carbocycles. The Kier molecular flexibility index (Phi) is 4.15. The van der Waals surface area contributed by atoms with Crippen molar-refractivity contribution in [1.82, 2.24) is 15.2 Å². The van der Waals surface area contributed by atoms with E-state index in [4.69, 9.17) is 14.5 Å². The monoisotopic (exact) mass is 346 g/mol. The first-order valence-electron chi connectivity index (χ1n) is 8.17. The number of aromatic nitrogens is 3. The van der Waals surface area contributed by atoms with Crippen molar-refractivity contribution in [1.29, 1.82) is 0 Å². The van der Waals surface area contributed by atoms with Crippen molar-refractivity contribution in [3.63, 3.8) is 0 Å². The molecule has 0 radical (unpaired) electrons. The summed E-state index contributed by atoms with van der Waals surface area (Å²) in [7, 11) is 3.25. The maximum absolute atomic E-state index is 5.44. The van der Waals surface area contributed by atoms with Crippen molar-refractivity contribution in [3.05, 3.63) is 60.8 Å². The van der Waals surface area contributed by atoms with Gasteiger partial charge in [0, 0.05) is 23.2 Å². The molecule has 0 aliphatic rings. The molecule has 2 heterocycles. The van der Waals surface area contributed by atoms with E-state index < -0.39 is 0 Å². The molecule has 2 aromatic heterocycles. The molecule has 4 rings (SSSR count). The van der Waals surface area contributed by atoms with E-state index in [9.17, 15) is 0 Å². The first-order chi connectivity index (χ1) is 12.8. The van der Waals surface area contributed by atoms with E-state index in [1.54, 1.807) is 20.4 Å². The van der Waals surface area contributed by atoms with Crippen LogP contribution in [-0.2, 0) is 0 Å². The molecule has 0 aliphatic carbocycles. The summed E-state index contributed by atoms with van der Waals surface area (Å²) in [5.41, 5.74) is 1.81. The Balaban J connectivity index is 1.87. The average molecular weight is 346 g/mol. The third-order valence-electron chi connectivity index (χ3n) is 4.15. The molecule has 0 spiro atoms. The van der Waals surface area contributed by atoms with E-state index in [-0.39, 0.29) is 0 Å². The number of fused-ring (bicyclic) bond motifs is 1. The van der Waals surface area contributed by atoms with Crippen LogP contribution in [0.2, 0.25) is 0 Å². The molecular weight excluding hydrogens is 328 g/mol. The molecule has 0 aliphatic heterocycles. The summed E-state index contributed by atoms with van der Waals surface area (Å²) in [6.07, 6.45) is 1.76. The highest BCUT2D eigenvalue weighted by atomic mass is 16.5. The first kappa shape index (κ1) is 16.0. The summed E-state index contributed by atoms with van der Waals surface area (Å²) in [5.74, 6) is 2.79. The number of anilines is 2. The molecule has 0 bridgehead atoms. The van der Waals surface area contributed by atoms with E-state index in [0.717, 1.165) is 27.8 Å². The second-order valence-electron chi connectivity index (χ2n) is 5.73. The number of ether oxygens (including phenoxy) is 2. The van der Waals surface area contributed by atoms with Crippen LogP contribution < -0.4 is 14.8 Å². The van der Waals surface area contributed by atoms with Crippen LogP contribution in [0.4, 0.5) is 11.6 Å². The Morgan fingerprint density at radius 2 is 1.73 bits per heavy atom. The van der Waals surface area contributed by atoms with Crippen LogP contribution in [0.25, 0.3) is 22.0 Å². The number of rotatable bonds is 5. The normalized spacial score (nSPS) is 10.7. The fourth-order valence-electron chi connectivity index (χ4n) is 2.93. The van der Waals surface area contributed by atoms with E-state index in [1.165, 1.54) is 0 Å². The predicted octanol–water partition coefficient (Wildman–Crippen LogP) is 4.39. The number of nitrogens with zero attached hydrogens (tertiary/aromatic N) is 2. The van der Waals surface area contributed by atoms with Crippen molar-refractivity contribution >= 4 is 22.4 Å². The van der Waals surface area contributed by atoms with Crippen molar-refractivity contribution in [2.45, 2.75) is 0 Å². The minimum absolute atomic E-state index is 0.668.